The van der Waals surface area contributed by atoms with E-state index < -0.39 is 0 Å². The molecule has 0 saturated carbocycles. The van der Waals surface area contributed by atoms with Crippen LogP contribution in [-0.4, -0.2) is 20.0 Å². The summed E-state index contributed by atoms with van der Waals surface area (Å²) < 4.78 is 10.2. The Kier molecular flexibility index (Phi) is 5.23. The summed E-state index contributed by atoms with van der Waals surface area (Å²) in [6.45, 7) is 0. The number of Topliss-reactive ketones (excluding diaryl/α,β-unsaturated/α-hetero) is 1. The molecule has 0 bridgehead atoms. The fourth-order valence-electron chi connectivity index (χ4n) is 2.03. The van der Waals surface area contributed by atoms with Crippen molar-refractivity contribution in [3.05, 3.63) is 58.6 Å². The Labute approximate surface area is 129 Å². The molecule has 0 atom stereocenters. The molecule has 0 aliphatic rings. The van der Waals surface area contributed by atoms with Crippen LogP contribution in [0.3, 0.4) is 0 Å². The predicted octanol–water partition coefficient (Wildman–Crippen LogP) is 4.17. The lowest BCUT2D eigenvalue weighted by molar-refractivity contribution is 0.0982. The molecule has 4 heteroatoms. The molecule has 0 spiro atoms. The first kappa shape index (κ1) is 15.4. The van der Waals surface area contributed by atoms with Gasteiger partial charge in [-0.05, 0) is 42.3 Å². The first-order chi connectivity index (χ1) is 10.1. The highest BCUT2D eigenvalue weighted by atomic mass is 35.5. The largest absolute Gasteiger partial charge is 0.497 e. The Balaban J connectivity index is 2.00. The van der Waals surface area contributed by atoms with E-state index in [-0.39, 0.29) is 5.78 Å². The number of hydrogen-bond donors (Lipinski definition) is 0. The Morgan fingerprint density at radius 3 is 2.38 bits per heavy atom. The van der Waals surface area contributed by atoms with Crippen molar-refractivity contribution in [1.29, 1.82) is 0 Å². The van der Waals surface area contributed by atoms with E-state index >= 15 is 0 Å². The summed E-state index contributed by atoms with van der Waals surface area (Å²) >= 11 is 5.95. The Morgan fingerprint density at radius 1 is 1.05 bits per heavy atom. The maximum absolute atomic E-state index is 12.2. The molecule has 0 aromatic heterocycles. The van der Waals surface area contributed by atoms with E-state index in [1.54, 1.807) is 25.3 Å². The van der Waals surface area contributed by atoms with Crippen LogP contribution in [0, 0.1) is 0 Å². The second kappa shape index (κ2) is 7.14. The molecule has 0 N–H and O–H groups in total. The third-order valence-corrected chi connectivity index (χ3v) is 3.59. The van der Waals surface area contributed by atoms with Gasteiger partial charge in [0.1, 0.15) is 11.5 Å². The summed E-state index contributed by atoms with van der Waals surface area (Å²) in [6, 6.07) is 12.8. The van der Waals surface area contributed by atoms with Crippen molar-refractivity contribution in [2.45, 2.75) is 12.8 Å². The SMILES string of the molecule is COc1ccc(CCC(=O)c2ccc(Cl)c(OC)c2)cc1. The van der Waals surface area contributed by atoms with Gasteiger partial charge in [-0.3, -0.25) is 4.79 Å². The van der Waals surface area contributed by atoms with Crippen molar-refractivity contribution < 1.29 is 14.3 Å². The average molecular weight is 305 g/mol. The van der Waals surface area contributed by atoms with E-state index in [0.29, 0.717) is 29.2 Å². The minimum absolute atomic E-state index is 0.0702. The fraction of sp³-hybridized carbons (Fsp3) is 0.235. The molecule has 0 heterocycles. The molecule has 0 radical (unpaired) electrons. The van der Waals surface area contributed by atoms with Crippen LogP contribution in [0.1, 0.15) is 22.3 Å². The zero-order valence-electron chi connectivity index (χ0n) is 12.1. The van der Waals surface area contributed by atoms with Crippen LogP contribution in [0.2, 0.25) is 5.02 Å². The van der Waals surface area contributed by atoms with Crippen LogP contribution in [0.5, 0.6) is 11.5 Å². The molecule has 21 heavy (non-hydrogen) atoms. The van der Waals surface area contributed by atoms with Crippen molar-refractivity contribution in [3.63, 3.8) is 0 Å². The summed E-state index contributed by atoms with van der Waals surface area (Å²) in [4.78, 5) is 12.2. The summed E-state index contributed by atoms with van der Waals surface area (Å²) in [6.07, 6.45) is 1.13. The smallest absolute Gasteiger partial charge is 0.163 e. The number of aryl methyl sites for hydroxylation is 1. The van der Waals surface area contributed by atoms with Crippen molar-refractivity contribution in [2.24, 2.45) is 0 Å². The minimum atomic E-state index is 0.0702. The van der Waals surface area contributed by atoms with Crippen LogP contribution in [0.25, 0.3) is 0 Å². The maximum Gasteiger partial charge on any atom is 0.163 e. The summed E-state index contributed by atoms with van der Waals surface area (Å²) in [7, 11) is 3.17. The van der Waals surface area contributed by atoms with Gasteiger partial charge in [0.05, 0.1) is 19.2 Å². The van der Waals surface area contributed by atoms with Crippen LogP contribution in [-0.2, 0) is 6.42 Å². The molecule has 3 nitrogen and oxygen atoms in total. The highest BCUT2D eigenvalue weighted by molar-refractivity contribution is 6.32. The number of hydrogen-bond acceptors (Lipinski definition) is 3. The zero-order chi connectivity index (χ0) is 15.2. The minimum Gasteiger partial charge on any atom is -0.497 e. The summed E-state index contributed by atoms with van der Waals surface area (Å²) in [5, 5.41) is 0.504. The average Bonchev–Trinajstić information content (AvgIpc) is 2.53. The van der Waals surface area contributed by atoms with Crippen LogP contribution < -0.4 is 9.47 Å². The first-order valence-corrected chi connectivity index (χ1v) is 7.01. The summed E-state index contributed by atoms with van der Waals surface area (Å²) in [5.74, 6) is 1.40. The van der Waals surface area contributed by atoms with Crippen molar-refractivity contribution >= 4 is 17.4 Å². The highest BCUT2D eigenvalue weighted by Gasteiger charge is 2.09. The zero-order valence-corrected chi connectivity index (χ0v) is 12.8. The predicted molar refractivity (Wildman–Crippen MR) is 83.6 cm³/mol. The van der Waals surface area contributed by atoms with E-state index in [0.717, 1.165) is 11.3 Å². The second-order valence-corrected chi connectivity index (χ2v) is 5.03. The highest BCUT2D eigenvalue weighted by Crippen LogP contribution is 2.25. The van der Waals surface area contributed by atoms with E-state index in [1.807, 2.05) is 24.3 Å². The number of carbonyl (C=O) groups excluding carboxylic acids is 1. The number of halogens is 1. The number of carbonyl (C=O) groups is 1. The normalized spacial score (nSPS) is 10.2. The van der Waals surface area contributed by atoms with Gasteiger partial charge in [0.25, 0.3) is 0 Å². The summed E-state index contributed by atoms with van der Waals surface area (Å²) in [5.41, 5.74) is 1.72. The van der Waals surface area contributed by atoms with Gasteiger partial charge in [0, 0.05) is 12.0 Å². The molecule has 0 unspecified atom stereocenters. The van der Waals surface area contributed by atoms with Crippen LogP contribution in [0.15, 0.2) is 42.5 Å². The number of methoxy groups -OCH3 is 2. The van der Waals surface area contributed by atoms with E-state index in [2.05, 4.69) is 0 Å². The Morgan fingerprint density at radius 2 is 1.76 bits per heavy atom. The van der Waals surface area contributed by atoms with Gasteiger partial charge in [0.2, 0.25) is 0 Å². The van der Waals surface area contributed by atoms with Crippen LogP contribution >= 0.6 is 11.6 Å². The molecule has 0 amide bonds. The Hall–Kier alpha value is -2.00. The lowest BCUT2D eigenvalue weighted by Crippen LogP contribution is -2.02. The molecule has 2 aromatic rings. The molecule has 2 rings (SSSR count). The first-order valence-electron chi connectivity index (χ1n) is 6.63. The monoisotopic (exact) mass is 304 g/mol. The van der Waals surface area contributed by atoms with Crippen molar-refractivity contribution in [2.75, 3.05) is 14.2 Å². The third kappa shape index (κ3) is 3.99. The Bertz CT molecular complexity index is 620. The number of benzene rings is 2. The number of rotatable bonds is 6. The molecule has 110 valence electrons. The van der Waals surface area contributed by atoms with Gasteiger partial charge in [-0.1, -0.05) is 23.7 Å². The molecule has 0 fully saturated rings. The van der Waals surface area contributed by atoms with Gasteiger partial charge in [-0.15, -0.1) is 0 Å². The quantitative estimate of drug-likeness (QED) is 0.751. The molecule has 0 saturated heterocycles. The molecular formula is C17H17ClO3. The second-order valence-electron chi connectivity index (χ2n) is 4.62. The van der Waals surface area contributed by atoms with Gasteiger partial charge in [-0.25, -0.2) is 0 Å². The van der Waals surface area contributed by atoms with E-state index in [1.165, 1.54) is 7.11 Å². The fourth-order valence-corrected chi connectivity index (χ4v) is 2.22. The molecule has 2 aromatic carbocycles. The lowest BCUT2D eigenvalue weighted by atomic mass is 10.0. The van der Waals surface area contributed by atoms with Gasteiger partial charge in [-0.2, -0.15) is 0 Å². The van der Waals surface area contributed by atoms with Crippen molar-refractivity contribution in [1.82, 2.24) is 0 Å². The van der Waals surface area contributed by atoms with Gasteiger partial charge < -0.3 is 9.47 Å². The standard InChI is InChI=1S/C17H17ClO3/c1-20-14-7-3-12(4-8-14)5-10-16(19)13-6-9-15(18)17(11-13)21-2/h3-4,6-9,11H,5,10H2,1-2H3. The molecule has 0 aliphatic heterocycles. The van der Waals surface area contributed by atoms with Gasteiger partial charge in [0.15, 0.2) is 5.78 Å². The number of ether oxygens (including phenoxy) is 2. The topological polar surface area (TPSA) is 35.5 Å². The van der Waals surface area contributed by atoms with Crippen molar-refractivity contribution in [3.8, 4) is 11.5 Å². The number of ketones is 1. The molecule has 0 aliphatic carbocycles. The molecular weight excluding hydrogens is 288 g/mol. The third-order valence-electron chi connectivity index (χ3n) is 3.27. The lowest BCUT2D eigenvalue weighted by Gasteiger charge is -2.06. The van der Waals surface area contributed by atoms with Crippen LogP contribution in [0.4, 0.5) is 0 Å². The van der Waals surface area contributed by atoms with Gasteiger partial charge >= 0.3 is 0 Å². The van der Waals surface area contributed by atoms with E-state index in [9.17, 15) is 4.79 Å². The maximum atomic E-state index is 12.2. The van der Waals surface area contributed by atoms with E-state index in [4.69, 9.17) is 21.1 Å².